The normalized spacial score (nSPS) is 17.9. The van der Waals surface area contributed by atoms with Gasteiger partial charge in [-0.05, 0) is 17.7 Å². The molecule has 0 bridgehead atoms. The molecule has 5 heteroatoms. The number of nitrogens with zero attached hydrogens (tertiary/aromatic N) is 1. The van der Waals surface area contributed by atoms with Gasteiger partial charge in [0.1, 0.15) is 5.75 Å². The lowest BCUT2D eigenvalue weighted by molar-refractivity contribution is -0.142. The number of aryl methyl sites for hydroxylation is 1. The van der Waals surface area contributed by atoms with Gasteiger partial charge in [0.05, 0.1) is 25.7 Å². The molecule has 1 aromatic heterocycles. The molecule has 0 saturated carbocycles. The molecule has 1 N–H and O–H groups in total. The van der Waals surface area contributed by atoms with Crippen molar-refractivity contribution >= 4 is 16.9 Å². The Bertz CT molecular complexity index is 675. The number of fused-ring (bicyclic) bond motifs is 3. The summed E-state index contributed by atoms with van der Waals surface area (Å²) in [6.45, 7) is 1.38. The maximum Gasteiger partial charge on any atom is 0.314 e. The van der Waals surface area contributed by atoms with E-state index in [0.717, 1.165) is 34.5 Å². The van der Waals surface area contributed by atoms with Gasteiger partial charge in [-0.25, -0.2) is 0 Å². The van der Waals surface area contributed by atoms with Crippen molar-refractivity contribution in [3.8, 4) is 5.75 Å². The molecule has 0 radical (unpaired) electrons. The van der Waals surface area contributed by atoms with E-state index in [-0.39, 0.29) is 11.9 Å². The monoisotopic (exact) mass is 274 g/mol. The Balaban J connectivity index is 2.25. The molecule has 0 aliphatic carbocycles. The molecule has 3 rings (SSSR count). The van der Waals surface area contributed by atoms with Crippen LogP contribution >= 0.6 is 0 Å². The second-order valence-corrected chi connectivity index (χ2v) is 5.01. The first kappa shape index (κ1) is 13.0. The highest BCUT2D eigenvalue weighted by molar-refractivity contribution is 5.93. The number of carbonyl (C=O) groups is 1. The van der Waals surface area contributed by atoms with E-state index in [4.69, 9.17) is 9.47 Å². The first-order valence-corrected chi connectivity index (χ1v) is 6.61. The summed E-state index contributed by atoms with van der Waals surface area (Å²) in [5.41, 5.74) is 3.29. The minimum Gasteiger partial charge on any atom is -0.497 e. The second-order valence-electron chi connectivity index (χ2n) is 5.01. The standard InChI is InChI=1S/C15H18N2O3/c1-17-12-6-9(19-2)4-5-10(12)14-11(15(18)20-3)7-16-8-13(14)17/h4-6,11,16H,7-8H2,1-3H3. The van der Waals surface area contributed by atoms with Crippen molar-refractivity contribution in [3.63, 3.8) is 0 Å². The van der Waals surface area contributed by atoms with Crippen LogP contribution in [-0.4, -0.2) is 31.3 Å². The van der Waals surface area contributed by atoms with Gasteiger partial charge in [-0.2, -0.15) is 0 Å². The zero-order valence-electron chi connectivity index (χ0n) is 11.9. The average Bonchev–Trinajstić information content (AvgIpc) is 2.79. The highest BCUT2D eigenvalue weighted by Gasteiger charge is 2.31. The maximum atomic E-state index is 12.0. The number of benzene rings is 1. The number of carbonyl (C=O) groups excluding carboxylic acids is 1. The third kappa shape index (κ3) is 1.78. The fourth-order valence-corrected chi connectivity index (χ4v) is 3.01. The summed E-state index contributed by atoms with van der Waals surface area (Å²) in [5, 5.41) is 4.38. The fourth-order valence-electron chi connectivity index (χ4n) is 3.01. The molecular weight excluding hydrogens is 256 g/mol. The molecule has 1 aliphatic rings. The molecule has 106 valence electrons. The van der Waals surface area contributed by atoms with Crippen LogP contribution in [0.4, 0.5) is 0 Å². The second kappa shape index (κ2) is 4.83. The Morgan fingerprint density at radius 3 is 2.90 bits per heavy atom. The van der Waals surface area contributed by atoms with Gasteiger partial charge in [-0.1, -0.05) is 0 Å². The molecule has 0 spiro atoms. The van der Waals surface area contributed by atoms with E-state index in [1.165, 1.54) is 7.11 Å². The lowest BCUT2D eigenvalue weighted by atomic mass is 9.93. The minimum absolute atomic E-state index is 0.193. The van der Waals surface area contributed by atoms with Gasteiger partial charge >= 0.3 is 5.97 Å². The van der Waals surface area contributed by atoms with Crippen LogP contribution in [0.15, 0.2) is 18.2 Å². The molecule has 2 heterocycles. The van der Waals surface area contributed by atoms with E-state index >= 15 is 0 Å². The van der Waals surface area contributed by atoms with Crippen LogP contribution in [0.1, 0.15) is 17.2 Å². The number of rotatable bonds is 2. The van der Waals surface area contributed by atoms with Gasteiger partial charge in [0.15, 0.2) is 0 Å². The zero-order chi connectivity index (χ0) is 14.3. The molecule has 0 saturated heterocycles. The lowest BCUT2D eigenvalue weighted by Crippen LogP contribution is -2.33. The van der Waals surface area contributed by atoms with Crippen molar-refractivity contribution in [2.24, 2.45) is 7.05 Å². The van der Waals surface area contributed by atoms with Crippen molar-refractivity contribution < 1.29 is 14.3 Å². The lowest BCUT2D eigenvalue weighted by Gasteiger charge is -2.22. The first-order valence-electron chi connectivity index (χ1n) is 6.61. The van der Waals surface area contributed by atoms with Crippen LogP contribution in [0.3, 0.4) is 0 Å². The summed E-state index contributed by atoms with van der Waals surface area (Å²) >= 11 is 0. The smallest absolute Gasteiger partial charge is 0.314 e. The van der Waals surface area contributed by atoms with E-state index in [1.54, 1.807) is 7.11 Å². The van der Waals surface area contributed by atoms with Gasteiger partial charge in [-0.3, -0.25) is 4.79 Å². The molecule has 1 aromatic carbocycles. The number of esters is 1. The van der Waals surface area contributed by atoms with Crippen molar-refractivity contribution in [1.29, 1.82) is 0 Å². The Hall–Kier alpha value is -2.01. The molecule has 1 atom stereocenters. The molecule has 1 unspecified atom stereocenters. The van der Waals surface area contributed by atoms with Crippen LogP contribution in [0.25, 0.3) is 10.9 Å². The van der Waals surface area contributed by atoms with Crippen LogP contribution < -0.4 is 10.1 Å². The van der Waals surface area contributed by atoms with E-state index in [2.05, 4.69) is 9.88 Å². The van der Waals surface area contributed by atoms with Crippen molar-refractivity contribution in [2.45, 2.75) is 12.5 Å². The number of hydrogen-bond acceptors (Lipinski definition) is 4. The zero-order valence-corrected chi connectivity index (χ0v) is 11.9. The van der Waals surface area contributed by atoms with Crippen molar-refractivity contribution in [2.75, 3.05) is 20.8 Å². The highest BCUT2D eigenvalue weighted by atomic mass is 16.5. The Morgan fingerprint density at radius 2 is 2.20 bits per heavy atom. The predicted molar refractivity (Wildman–Crippen MR) is 75.9 cm³/mol. The average molecular weight is 274 g/mol. The summed E-state index contributed by atoms with van der Waals surface area (Å²) in [6, 6.07) is 5.95. The Morgan fingerprint density at radius 1 is 1.40 bits per heavy atom. The number of aromatic nitrogens is 1. The number of methoxy groups -OCH3 is 2. The quantitative estimate of drug-likeness (QED) is 0.844. The molecule has 5 nitrogen and oxygen atoms in total. The van der Waals surface area contributed by atoms with Gasteiger partial charge in [-0.15, -0.1) is 0 Å². The third-order valence-corrected chi connectivity index (χ3v) is 4.05. The topological polar surface area (TPSA) is 52.5 Å². The van der Waals surface area contributed by atoms with Crippen LogP contribution in [0.2, 0.25) is 0 Å². The molecular formula is C15H18N2O3. The molecule has 1 aliphatic heterocycles. The number of nitrogens with one attached hydrogen (secondary N) is 1. The summed E-state index contributed by atoms with van der Waals surface area (Å²) in [7, 11) is 5.11. The van der Waals surface area contributed by atoms with Gasteiger partial charge in [0.25, 0.3) is 0 Å². The number of ether oxygens (including phenoxy) is 2. The van der Waals surface area contributed by atoms with E-state index in [1.807, 2.05) is 25.2 Å². The summed E-state index contributed by atoms with van der Waals surface area (Å²) in [5.74, 6) is 0.376. The van der Waals surface area contributed by atoms with Crippen LogP contribution in [0.5, 0.6) is 5.75 Å². The third-order valence-electron chi connectivity index (χ3n) is 4.05. The maximum absolute atomic E-state index is 12.0. The summed E-state index contributed by atoms with van der Waals surface area (Å²) in [4.78, 5) is 12.0. The largest absolute Gasteiger partial charge is 0.497 e. The minimum atomic E-state index is -0.249. The fraction of sp³-hybridized carbons (Fsp3) is 0.400. The summed E-state index contributed by atoms with van der Waals surface area (Å²) < 4.78 is 12.3. The molecule has 2 aromatic rings. The van der Waals surface area contributed by atoms with E-state index < -0.39 is 0 Å². The molecule has 20 heavy (non-hydrogen) atoms. The molecule has 0 amide bonds. The van der Waals surface area contributed by atoms with Gasteiger partial charge in [0, 0.05) is 37.3 Å². The van der Waals surface area contributed by atoms with Crippen LogP contribution in [0, 0.1) is 0 Å². The predicted octanol–water partition coefficient (Wildman–Crippen LogP) is 1.55. The molecule has 0 fully saturated rings. The van der Waals surface area contributed by atoms with E-state index in [0.29, 0.717) is 6.54 Å². The Kier molecular flexibility index (Phi) is 3.14. The van der Waals surface area contributed by atoms with Crippen LogP contribution in [-0.2, 0) is 23.1 Å². The van der Waals surface area contributed by atoms with Crippen molar-refractivity contribution in [3.05, 3.63) is 29.5 Å². The van der Waals surface area contributed by atoms with Gasteiger partial charge in [0.2, 0.25) is 0 Å². The first-order chi connectivity index (χ1) is 9.67. The van der Waals surface area contributed by atoms with E-state index in [9.17, 15) is 4.79 Å². The number of hydrogen-bond donors (Lipinski definition) is 1. The highest BCUT2D eigenvalue weighted by Crippen LogP contribution is 2.36. The SMILES string of the molecule is COC(=O)C1CNCc2c1c1ccc(OC)cc1n2C. The Labute approximate surface area is 117 Å². The van der Waals surface area contributed by atoms with Crippen molar-refractivity contribution in [1.82, 2.24) is 9.88 Å². The van der Waals surface area contributed by atoms with Gasteiger partial charge < -0.3 is 19.4 Å². The summed E-state index contributed by atoms with van der Waals surface area (Å²) in [6.07, 6.45) is 0.